The number of amides is 1. The van der Waals surface area contributed by atoms with Crippen LogP contribution in [0.2, 0.25) is 0 Å². The molecule has 2 heterocycles. The summed E-state index contributed by atoms with van der Waals surface area (Å²) in [6, 6.07) is 19.0. The van der Waals surface area contributed by atoms with Crippen LogP contribution in [0.3, 0.4) is 0 Å². The Morgan fingerprint density at radius 3 is 2.70 bits per heavy atom. The fraction of sp³-hybridized carbons (Fsp3) is 0.280. The molecule has 0 saturated heterocycles. The number of fused-ring (bicyclic) bond motifs is 2. The van der Waals surface area contributed by atoms with Gasteiger partial charge >= 0.3 is 0 Å². The highest BCUT2D eigenvalue weighted by molar-refractivity contribution is 5.92. The predicted molar refractivity (Wildman–Crippen MR) is 116 cm³/mol. The maximum atomic E-state index is 11.2. The summed E-state index contributed by atoms with van der Waals surface area (Å²) in [5.41, 5.74) is 11.4. The summed E-state index contributed by atoms with van der Waals surface area (Å²) in [6.07, 6.45) is 6.02. The number of rotatable bonds is 4. The first-order valence-electron chi connectivity index (χ1n) is 10.5. The maximum Gasteiger partial charge on any atom is 0.250 e. The lowest BCUT2D eigenvalue weighted by Gasteiger charge is -2.39. The van der Waals surface area contributed by atoms with Crippen molar-refractivity contribution in [3.8, 4) is 11.6 Å². The van der Waals surface area contributed by atoms with Crippen LogP contribution in [0.1, 0.15) is 51.5 Å². The van der Waals surface area contributed by atoms with E-state index in [0.29, 0.717) is 17.5 Å². The molecule has 5 heteroatoms. The number of aromatic nitrogens is 1. The Labute approximate surface area is 176 Å². The van der Waals surface area contributed by atoms with Crippen LogP contribution in [0, 0.1) is 0 Å². The van der Waals surface area contributed by atoms with E-state index in [1.165, 1.54) is 41.3 Å². The van der Waals surface area contributed by atoms with E-state index in [0.717, 1.165) is 31.7 Å². The monoisotopic (exact) mass is 399 g/mol. The first kappa shape index (κ1) is 18.8. The van der Waals surface area contributed by atoms with Crippen LogP contribution in [0.5, 0.6) is 11.6 Å². The fourth-order valence-corrected chi connectivity index (χ4v) is 4.70. The molecule has 0 spiro atoms. The second-order valence-corrected chi connectivity index (χ2v) is 8.11. The quantitative estimate of drug-likeness (QED) is 0.706. The Bertz CT molecular complexity index is 1080. The minimum absolute atomic E-state index is 0.374. The normalized spacial score (nSPS) is 18.3. The summed E-state index contributed by atoms with van der Waals surface area (Å²) in [5, 5.41) is 0. The third-order valence-corrected chi connectivity index (χ3v) is 6.24. The first-order chi connectivity index (χ1) is 14.7. The molecule has 1 unspecified atom stereocenters. The lowest BCUT2D eigenvalue weighted by molar-refractivity contribution is 0.1000. The molecule has 1 aliphatic heterocycles. The van der Waals surface area contributed by atoms with E-state index in [1.54, 1.807) is 12.1 Å². The van der Waals surface area contributed by atoms with Crippen molar-refractivity contribution in [2.75, 3.05) is 6.54 Å². The number of benzene rings is 2. The van der Waals surface area contributed by atoms with Gasteiger partial charge in [0.15, 0.2) is 0 Å². The SMILES string of the molecule is NC(=O)c1ccc(Oc2ccc3c(c2)CCCC3N2CCc3ccccc3C2)nc1. The summed E-state index contributed by atoms with van der Waals surface area (Å²) in [7, 11) is 0. The van der Waals surface area contributed by atoms with Gasteiger partial charge in [-0.15, -0.1) is 0 Å². The van der Waals surface area contributed by atoms with Gasteiger partial charge in [0.2, 0.25) is 11.8 Å². The van der Waals surface area contributed by atoms with Crippen LogP contribution < -0.4 is 10.5 Å². The van der Waals surface area contributed by atoms with Gasteiger partial charge in [-0.3, -0.25) is 9.69 Å². The summed E-state index contributed by atoms with van der Waals surface area (Å²) in [6.45, 7) is 2.13. The molecule has 1 aliphatic carbocycles. The van der Waals surface area contributed by atoms with Crippen molar-refractivity contribution >= 4 is 5.91 Å². The second kappa shape index (κ2) is 7.92. The van der Waals surface area contributed by atoms with Crippen LogP contribution in [0.4, 0.5) is 0 Å². The number of pyridine rings is 1. The van der Waals surface area contributed by atoms with E-state index in [2.05, 4.69) is 46.3 Å². The zero-order valence-electron chi connectivity index (χ0n) is 16.9. The Kier molecular flexibility index (Phi) is 4.97. The number of hydrogen-bond donors (Lipinski definition) is 1. The van der Waals surface area contributed by atoms with Crippen molar-refractivity contribution in [3.63, 3.8) is 0 Å². The second-order valence-electron chi connectivity index (χ2n) is 8.11. The maximum absolute atomic E-state index is 11.2. The molecule has 152 valence electrons. The Morgan fingerprint density at radius 1 is 1.03 bits per heavy atom. The zero-order valence-corrected chi connectivity index (χ0v) is 16.9. The average Bonchev–Trinajstić information content (AvgIpc) is 2.78. The fourth-order valence-electron chi connectivity index (χ4n) is 4.70. The summed E-state index contributed by atoms with van der Waals surface area (Å²) in [5.74, 6) is 0.742. The highest BCUT2D eigenvalue weighted by Gasteiger charge is 2.28. The van der Waals surface area contributed by atoms with Crippen molar-refractivity contribution < 1.29 is 9.53 Å². The topological polar surface area (TPSA) is 68.5 Å². The number of carbonyl (C=O) groups is 1. The van der Waals surface area contributed by atoms with Gasteiger partial charge in [0.25, 0.3) is 0 Å². The summed E-state index contributed by atoms with van der Waals surface area (Å²) >= 11 is 0. The molecule has 2 N–H and O–H groups in total. The molecular formula is C25H25N3O2. The van der Waals surface area contributed by atoms with Crippen molar-refractivity contribution in [1.82, 2.24) is 9.88 Å². The molecule has 0 saturated carbocycles. The molecule has 0 radical (unpaired) electrons. The molecule has 1 aromatic heterocycles. The molecule has 0 fully saturated rings. The summed E-state index contributed by atoms with van der Waals surface area (Å²) < 4.78 is 5.93. The number of carbonyl (C=O) groups excluding carboxylic acids is 1. The standard InChI is InChI=1S/C25H25N3O2/c26-25(29)19-8-11-24(27-15-19)30-21-9-10-22-18(14-21)6-3-7-23(22)28-13-12-17-4-1-2-5-20(17)16-28/h1-2,4-5,8-11,14-15,23H,3,6-7,12-13,16H2,(H2,26,29). The summed E-state index contributed by atoms with van der Waals surface area (Å²) in [4.78, 5) is 18.0. The molecule has 5 nitrogen and oxygen atoms in total. The van der Waals surface area contributed by atoms with Gasteiger partial charge < -0.3 is 10.5 Å². The van der Waals surface area contributed by atoms with Gasteiger partial charge in [-0.1, -0.05) is 30.3 Å². The number of nitrogens with two attached hydrogens (primary N) is 1. The van der Waals surface area contributed by atoms with E-state index in [9.17, 15) is 4.79 Å². The first-order valence-corrected chi connectivity index (χ1v) is 10.5. The Morgan fingerprint density at radius 2 is 1.90 bits per heavy atom. The number of primary amides is 1. The van der Waals surface area contributed by atoms with Gasteiger partial charge in [0, 0.05) is 31.4 Å². The van der Waals surface area contributed by atoms with Crippen LogP contribution >= 0.6 is 0 Å². The van der Waals surface area contributed by atoms with Gasteiger partial charge in [0.05, 0.1) is 5.56 Å². The number of nitrogens with zero attached hydrogens (tertiary/aromatic N) is 2. The van der Waals surface area contributed by atoms with Crippen LogP contribution in [0.15, 0.2) is 60.8 Å². The van der Waals surface area contributed by atoms with E-state index < -0.39 is 5.91 Å². The smallest absolute Gasteiger partial charge is 0.250 e. The number of aryl methyl sites for hydroxylation is 1. The third kappa shape index (κ3) is 3.68. The third-order valence-electron chi connectivity index (χ3n) is 6.24. The molecular weight excluding hydrogens is 374 g/mol. The van der Waals surface area contributed by atoms with E-state index >= 15 is 0 Å². The van der Waals surface area contributed by atoms with E-state index in [-0.39, 0.29) is 0 Å². The predicted octanol–water partition coefficient (Wildman–Crippen LogP) is 4.41. The molecule has 2 aliphatic rings. The van der Waals surface area contributed by atoms with Crippen LogP contribution in [0.25, 0.3) is 0 Å². The van der Waals surface area contributed by atoms with Crippen molar-refractivity contribution in [1.29, 1.82) is 0 Å². The molecule has 1 atom stereocenters. The number of ether oxygens (including phenoxy) is 1. The van der Waals surface area contributed by atoms with Gasteiger partial charge in [0.1, 0.15) is 5.75 Å². The highest BCUT2D eigenvalue weighted by atomic mass is 16.5. The van der Waals surface area contributed by atoms with Crippen LogP contribution in [-0.4, -0.2) is 22.3 Å². The van der Waals surface area contributed by atoms with Gasteiger partial charge in [-0.2, -0.15) is 0 Å². The lowest BCUT2D eigenvalue weighted by atomic mass is 9.85. The van der Waals surface area contributed by atoms with Crippen LogP contribution in [-0.2, 0) is 19.4 Å². The lowest BCUT2D eigenvalue weighted by Crippen LogP contribution is -2.35. The van der Waals surface area contributed by atoms with Crippen molar-refractivity contribution in [2.45, 2.75) is 38.3 Å². The Balaban J connectivity index is 1.35. The largest absolute Gasteiger partial charge is 0.439 e. The van der Waals surface area contributed by atoms with Gasteiger partial charge in [-0.05, 0) is 66.1 Å². The number of hydrogen-bond acceptors (Lipinski definition) is 4. The van der Waals surface area contributed by atoms with Gasteiger partial charge in [-0.25, -0.2) is 4.98 Å². The minimum Gasteiger partial charge on any atom is -0.439 e. The molecule has 1 amide bonds. The highest BCUT2D eigenvalue weighted by Crippen LogP contribution is 2.38. The minimum atomic E-state index is -0.491. The molecule has 5 rings (SSSR count). The van der Waals surface area contributed by atoms with Crippen molar-refractivity contribution in [2.24, 2.45) is 5.73 Å². The molecule has 30 heavy (non-hydrogen) atoms. The zero-order chi connectivity index (χ0) is 20.5. The van der Waals surface area contributed by atoms with E-state index in [4.69, 9.17) is 10.5 Å². The molecule has 0 bridgehead atoms. The average molecular weight is 399 g/mol. The van der Waals surface area contributed by atoms with Crippen molar-refractivity contribution in [3.05, 3.63) is 88.6 Å². The molecule has 3 aromatic rings. The molecule has 2 aromatic carbocycles. The Hall–Kier alpha value is -3.18. The van der Waals surface area contributed by atoms with E-state index in [1.807, 2.05) is 6.07 Å².